The molecule has 1 aliphatic heterocycles. The highest BCUT2D eigenvalue weighted by Gasteiger charge is 2.20. The van der Waals surface area contributed by atoms with Gasteiger partial charge in [-0.05, 0) is 42.2 Å². The molecule has 1 aliphatic rings. The van der Waals surface area contributed by atoms with E-state index in [2.05, 4.69) is 20.1 Å². The molecule has 1 atom stereocenters. The quantitative estimate of drug-likeness (QED) is 0.936. The van der Waals surface area contributed by atoms with Gasteiger partial charge in [-0.3, -0.25) is 4.79 Å². The number of aromatic nitrogens is 3. The van der Waals surface area contributed by atoms with Crippen molar-refractivity contribution in [2.45, 2.75) is 45.2 Å². The van der Waals surface area contributed by atoms with Crippen LogP contribution in [0.5, 0.6) is 0 Å². The normalized spacial score (nSPS) is 18.4. The number of carbonyl (C=O) groups is 1. The molecule has 1 unspecified atom stereocenters. The molecule has 1 amide bonds. The fourth-order valence-electron chi connectivity index (χ4n) is 2.63. The Labute approximate surface area is 122 Å². The van der Waals surface area contributed by atoms with Crippen LogP contribution >= 0.6 is 11.3 Å². The maximum atomic E-state index is 12.0. The van der Waals surface area contributed by atoms with Crippen LogP contribution in [0.1, 0.15) is 30.1 Å². The van der Waals surface area contributed by atoms with Gasteiger partial charge in [0.15, 0.2) is 0 Å². The summed E-state index contributed by atoms with van der Waals surface area (Å²) in [5.74, 6) is 2.12. The van der Waals surface area contributed by atoms with E-state index in [0.717, 1.165) is 43.0 Å². The van der Waals surface area contributed by atoms with E-state index < -0.39 is 0 Å². The molecular weight excluding hydrogens is 272 g/mol. The van der Waals surface area contributed by atoms with Crippen LogP contribution < -0.4 is 5.32 Å². The third-order valence-corrected chi connectivity index (χ3v) is 4.47. The minimum atomic E-state index is 0.114. The highest BCUT2D eigenvalue weighted by atomic mass is 32.1. The molecule has 0 spiro atoms. The third kappa shape index (κ3) is 2.90. The lowest BCUT2D eigenvalue weighted by Gasteiger charge is -2.15. The van der Waals surface area contributed by atoms with Gasteiger partial charge in [0.05, 0.1) is 6.42 Å². The molecule has 0 radical (unpaired) electrons. The Morgan fingerprint density at radius 3 is 3.20 bits per heavy atom. The van der Waals surface area contributed by atoms with Gasteiger partial charge in [-0.1, -0.05) is 0 Å². The lowest BCUT2D eigenvalue weighted by atomic mass is 10.1. The predicted molar refractivity (Wildman–Crippen MR) is 77.7 cm³/mol. The SMILES string of the molecule is Cc1nnc2n1CCC(NC(=O)Cc1ccsc1)CC2. The van der Waals surface area contributed by atoms with E-state index >= 15 is 0 Å². The van der Waals surface area contributed by atoms with Crippen LogP contribution in [0.4, 0.5) is 0 Å². The number of hydrogen-bond donors (Lipinski definition) is 1. The van der Waals surface area contributed by atoms with Crippen molar-refractivity contribution in [2.24, 2.45) is 0 Å². The number of nitrogens with one attached hydrogen (secondary N) is 1. The van der Waals surface area contributed by atoms with Crippen LogP contribution in [0.3, 0.4) is 0 Å². The highest BCUT2D eigenvalue weighted by molar-refractivity contribution is 7.07. The Morgan fingerprint density at radius 2 is 2.40 bits per heavy atom. The van der Waals surface area contributed by atoms with Crippen molar-refractivity contribution in [3.8, 4) is 0 Å². The fourth-order valence-corrected chi connectivity index (χ4v) is 3.30. The summed E-state index contributed by atoms with van der Waals surface area (Å²) in [5, 5.41) is 15.5. The van der Waals surface area contributed by atoms with Crippen molar-refractivity contribution < 1.29 is 4.79 Å². The zero-order valence-electron chi connectivity index (χ0n) is 11.5. The Kier molecular flexibility index (Phi) is 3.82. The molecule has 0 aliphatic carbocycles. The van der Waals surface area contributed by atoms with Gasteiger partial charge in [0.1, 0.15) is 11.6 Å². The molecule has 0 bridgehead atoms. The van der Waals surface area contributed by atoms with Crippen LogP contribution in [0.25, 0.3) is 0 Å². The van der Waals surface area contributed by atoms with Gasteiger partial charge in [-0.2, -0.15) is 11.3 Å². The summed E-state index contributed by atoms with van der Waals surface area (Å²) in [6.45, 7) is 2.86. The van der Waals surface area contributed by atoms with Gasteiger partial charge in [-0.25, -0.2) is 0 Å². The average Bonchev–Trinajstić information content (AvgIpc) is 2.98. The lowest BCUT2D eigenvalue weighted by Crippen LogP contribution is -2.36. The lowest BCUT2D eigenvalue weighted by molar-refractivity contribution is -0.121. The molecule has 0 fully saturated rings. The summed E-state index contributed by atoms with van der Waals surface area (Å²) >= 11 is 1.63. The van der Waals surface area contributed by atoms with E-state index in [0.29, 0.717) is 6.42 Å². The maximum absolute atomic E-state index is 12.0. The molecule has 2 aromatic rings. The number of carbonyl (C=O) groups excluding carboxylic acids is 1. The van der Waals surface area contributed by atoms with E-state index in [1.165, 1.54) is 0 Å². The van der Waals surface area contributed by atoms with Crippen LogP contribution in [0, 0.1) is 6.92 Å². The number of hydrogen-bond acceptors (Lipinski definition) is 4. The van der Waals surface area contributed by atoms with Crippen LogP contribution in [0.15, 0.2) is 16.8 Å². The molecule has 2 aromatic heterocycles. The summed E-state index contributed by atoms with van der Waals surface area (Å²) in [7, 11) is 0. The number of rotatable bonds is 3. The zero-order valence-corrected chi connectivity index (χ0v) is 12.3. The van der Waals surface area contributed by atoms with Gasteiger partial charge < -0.3 is 9.88 Å². The predicted octanol–water partition coefficient (Wildman–Crippen LogP) is 1.71. The van der Waals surface area contributed by atoms with Crippen molar-refractivity contribution in [3.05, 3.63) is 34.0 Å². The number of amides is 1. The van der Waals surface area contributed by atoms with E-state index in [-0.39, 0.29) is 11.9 Å². The monoisotopic (exact) mass is 290 g/mol. The van der Waals surface area contributed by atoms with Crippen molar-refractivity contribution in [1.29, 1.82) is 0 Å². The van der Waals surface area contributed by atoms with Gasteiger partial charge in [0.2, 0.25) is 5.91 Å². The fraction of sp³-hybridized carbons (Fsp3) is 0.500. The minimum absolute atomic E-state index is 0.114. The van der Waals surface area contributed by atoms with Crippen molar-refractivity contribution in [2.75, 3.05) is 0 Å². The first-order valence-corrected chi connectivity index (χ1v) is 7.86. The summed E-state index contributed by atoms with van der Waals surface area (Å²) in [6.07, 6.45) is 3.24. The number of fused-ring (bicyclic) bond motifs is 1. The second-order valence-corrected chi connectivity index (χ2v) is 6.00. The molecule has 0 aromatic carbocycles. The number of nitrogens with zero attached hydrogens (tertiary/aromatic N) is 3. The molecule has 1 N–H and O–H groups in total. The summed E-state index contributed by atoms with van der Waals surface area (Å²) < 4.78 is 2.16. The van der Waals surface area contributed by atoms with Gasteiger partial charge in [-0.15, -0.1) is 10.2 Å². The molecule has 0 saturated carbocycles. The van der Waals surface area contributed by atoms with Gasteiger partial charge in [0.25, 0.3) is 0 Å². The molecule has 6 heteroatoms. The standard InChI is InChI=1S/C14H18N4OS/c1-10-16-17-13-3-2-12(4-6-18(10)13)15-14(19)8-11-5-7-20-9-11/h5,7,9,12H,2-4,6,8H2,1H3,(H,15,19). The van der Waals surface area contributed by atoms with Gasteiger partial charge >= 0.3 is 0 Å². The summed E-state index contributed by atoms with van der Waals surface area (Å²) in [5.41, 5.74) is 1.09. The Balaban J connectivity index is 1.56. The number of aryl methyl sites for hydroxylation is 2. The first kappa shape index (κ1) is 13.3. The minimum Gasteiger partial charge on any atom is -0.353 e. The van der Waals surface area contributed by atoms with E-state index in [4.69, 9.17) is 0 Å². The summed E-state index contributed by atoms with van der Waals surface area (Å²) in [4.78, 5) is 12.0. The first-order chi connectivity index (χ1) is 9.72. The van der Waals surface area contributed by atoms with E-state index in [1.807, 2.05) is 23.8 Å². The van der Waals surface area contributed by atoms with E-state index in [1.54, 1.807) is 11.3 Å². The second kappa shape index (κ2) is 5.75. The molecule has 0 saturated heterocycles. The second-order valence-electron chi connectivity index (χ2n) is 5.22. The smallest absolute Gasteiger partial charge is 0.224 e. The molecule has 20 heavy (non-hydrogen) atoms. The topological polar surface area (TPSA) is 59.8 Å². The Morgan fingerprint density at radius 1 is 1.50 bits per heavy atom. The van der Waals surface area contributed by atoms with Crippen molar-refractivity contribution in [3.63, 3.8) is 0 Å². The highest BCUT2D eigenvalue weighted by Crippen LogP contribution is 2.15. The van der Waals surface area contributed by atoms with Crippen LogP contribution in [-0.4, -0.2) is 26.7 Å². The van der Waals surface area contributed by atoms with Crippen LogP contribution in [-0.2, 0) is 24.2 Å². The largest absolute Gasteiger partial charge is 0.353 e. The van der Waals surface area contributed by atoms with Gasteiger partial charge in [0, 0.05) is 19.0 Å². The summed E-state index contributed by atoms with van der Waals surface area (Å²) in [6, 6.07) is 2.24. The van der Waals surface area contributed by atoms with E-state index in [9.17, 15) is 4.79 Å². The maximum Gasteiger partial charge on any atom is 0.224 e. The molecular formula is C14H18N4OS. The van der Waals surface area contributed by atoms with Crippen molar-refractivity contribution in [1.82, 2.24) is 20.1 Å². The third-order valence-electron chi connectivity index (χ3n) is 3.74. The zero-order chi connectivity index (χ0) is 13.9. The molecule has 106 valence electrons. The Bertz CT molecular complexity index is 590. The Hall–Kier alpha value is -1.69. The molecule has 5 nitrogen and oxygen atoms in total. The molecule has 3 rings (SSSR count). The number of thiophene rings is 1. The first-order valence-electron chi connectivity index (χ1n) is 6.91. The molecule has 3 heterocycles. The van der Waals surface area contributed by atoms with Crippen molar-refractivity contribution >= 4 is 17.2 Å². The average molecular weight is 290 g/mol. The van der Waals surface area contributed by atoms with Crippen LogP contribution in [0.2, 0.25) is 0 Å².